The average molecular weight is 172 g/mol. The monoisotopic (exact) mass is 172 g/mol. The molecule has 0 fully saturated rings. The molecule has 62 valence electrons. The van der Waals surface area contributed by atoms with Gasteiger partial charge in [-0.15, -0.1) is 0 Å². The van der Waals surface area contributed by atoms with E-state index in [1.165, 1.54) is 12.3 Å². The zero-order chi connectivity index (χ0) is 9.26. The van der Waals surface area contributed by atoms with E-state index in [9.17, 15) is 4.39 Å². The zero-order valence-electron chi connectivity index (χ0n) is 6.66. The maximum Gasteiger partial charge on any atom is 0.150 e. The topological polar surface area (TPSA) is 36.7 Å². The standard InChI is InChI=1S/C10H5FN2/c11-9-5-7(6-12)4-8-2-1-3-13-10(8)9/h1-5H. The molecule has 2 rings (SSSR count). The summed E-state index contributed by atoms with van der Waals surface area (Å²) in [6, 6.07) is 8.14. The molecule has 0 saturated heterocycles. The number of aromatic nitrogens is 1. The highest BCUT2D eigenvalue weighted by Crippen LogP contribution is 2.16. The van der Waals surface area contributed by atoms with Crippen LogP contribution < -0.4 is 0 Å². The first kappa shape index (κ1) is 7.69. The Morgan fingerprint density at radius 1 is 1.38 bits per heavy atom. The number of hydrogen-bond donors (Lipinski definition) is 0. The Morgan fingerprint density at radius 2 is 2.23 bits per heavy atom. The number of pyridine rings is 1. The molecule has 0 atom stereocenters. The molecule has 1 heterocycles. The van der Waals surface area contributed by atoms with Crippen LogP contribution in [0.2, 0.25) is 0 Å². The highest BCUT2D eigenvalue weighted by atomic mass is 19.1. The van der Waals surface area contributed by atoms with Crippen LogP contribution in [0.4, 0.5) is 4.39 Å². The van der Waals surface area contributed by atoms with Crippen LogP contribution in [0.5, 0.6) is 0 Å². The first-order chi connectivity index (χ1) is 6.31. The Balaban J connectivity index is 2.86. The molecule has 0 N–H and O–H groups in total. The maximum absolute atomic E-state index is 13.2. The van der Waals surface area contributed by atoms with E-state index < -0.39 is 5.82 Å². The molecule has 2 aromatic rings. The van der Waals surface area contributed by atoms with E-state index in [1.54, 1.807) is 18.2 Å². The molecule has 0 aliphatic rings. The summed E-state index contributed by atoms with van der Waals surface area (Å²) in [5.74, 6) is -0.449. The highest BCUT2D eigenvalue weighted by Gasteiger charge is 2.03. The summed E-state index contributed by atoms with van der Waals surface area (Å²) in [5, 5.41) is 9.24. The van der Waals surface area contributed by atoms with Crippen molar-refractivity contribution in [3.8, 4) is 6.07 Å². The second-order valence-electron chi connectivity index (χ2n) is 2.64. The quantitative estimate of drug-likeness (QED) is 0.611. The van der Waals surface area contributed by atoms with Gasteiger partial charge >= 0.3 is 0 Å². The maximum atomic E-state index is 13.2. The smallest absolute Gasteiger partial charge is 0.150 e. The molecule has 1 aromatic heterocycles. The van der Waals surface area contributed by atoms with Gasteiger partial charge in [-0.2, -0.15) is 5.26 Å². The lowest BCUT2D eigenvalue weighted by molar-refractivity contribution is 0.636. The molecule has 0 aliphatic heterocycles. The molecule has 3 heteroatoms. The summed E-state index contributed by atoms with van der Waals surface area (Å²) in [6.45, 7) is 0. The van der Waals surface area contributed by atoms with Gasteiger partial charge in [0.1, 0.15) is 5.52 Å². The van der Waals surface area contributed by atoms with Crippen molar-refractivity contribution in [2.75, 3.05) is 0 Å². The molecule has 0 saturated carbocycles. The summed E-state index contributed by atoms with van der Waals surface area (Å²) in [7, 11) is 0. The van der Waals surface area contributed by atoms with E-state index in [2.05, 4.69) is 4.98 Å². The van der Waals surface area contributed by atoms with Crippen molar-refractivity contribution in [3.63, 3.8) is 0 Å². The Hall–Kier alpha value is -1.95. The molecule has 2 nitrogen and oxygen atoms in total. The molecule has 1 aromatic carbocycles. The second-order valence-corrected chi connectivity index (χ2v) is 2.64. The Kier molecular flexibility index (Phi) is 1.67. The minimum Gasteiger partial charge on any atom is -0.253 e. The fourth-order valence-corrected chi connectivity index (χ4v) is 1.21. The number of nitriles is 1. The number of fused-ring (bicyclic) bond motifs is 1. The molecular formula is C10H5FN2. The van der Waals surface area contributed by atoms with Gasteiger partial charge in [-0.25, -0.2) is 4.39 Å². The number of halogens is 1. The summed E-state index contributed by atoms with van der Waals surface area (Å²) < 4.78 is 13.2. The van der Waals surface area contributed by atoms with Gasteiger partial charge in [-0.05, 0) is 18.2 Å². The third-order valence-corrected chi connectivity index (χ3v) is 1.79. The Morgan fingerprint density at radius 3 is 3.00 bits per heavy atom. The normalized spacial score (nSPS) is 9.85. The van der Waals surface area contributed by atoms with Gasteiger partial charge in [0, 0.05) is 11.6 Å². The molecule has 0 aliphatic carbocycles. The molecule has 0 bridgehead atoms. The lowest BCUT2D eigenvalue weighted by atomic mass is 10.1. The first-order valence-corrected chi connectivity index (χ1v) is 3.75. The summed E-state index contributed by atoms with van der Waals surface area (Å²) >= 11 is 0. The molecule has 13 heavy (non-hydrogen) atoms. The summed E-state index contributed by atoms with van der Waals surface area (Å²) in [5.41, 5.74) is 0.625. The van der Waals surface area contributed by atoms with Gasteiger partial charge in [-0.1, -0.05) is 6.07 Å². The minimum atomic E-state index is -0.449. The van der Waals surface area contributed by atoms with Crippen molar-refractivity contribution in [2.45, 2.75) is 0 Å². The number of hydrogen-bond acceptors (Lipinski definition) is 2. The van der Waals surface area contributed by atoms with Gasteiger partial charge in [0.05, 0.1) is 11.6 Å². The van der Waals surface area contributed by atoms with Crippen LogP contribution in [0.15, 0.2) is 30.5 Å². The SMILES string of the molecule is N#Cc1cc(F)c2ncccc2c1. The minimum absolute atomic E-state index is 0.307. The average Bonchev–Trinajstić information content (AvgIpc) is 2.18. The summed E-state index contributed by atoms with van der Waals surface area (Å²) in [4.78, 5) is 3.87. The van der Waals surface area contributed by atoms with Gasteiger partial charge in [0.15, 0.2) is 5.82 Å². The van der Waals surface area contributed by atoms with Crippen molar-refractivity contribution in [3.05, 3.63) is 41.8 Å². The lowest BCUT2D eigenvalue weighted by Crippen LogP contribution is -1.85. The van der Waals surface area contributed by atoms with Gasteiger partial charge < -0.3 is 0 Å². The predicted molar refractivity (Wildman–Crippen MR) is 46.4 cm³/mol. The summed E-state index contributed by atoms with van der Waals surface area (Å²) in [6.07, 6.45) is 1.53. The van der Waals surface area contributed by atoms with E-state index in [0.717, 1.165) is 0 Å². The van der Waals surface area contributed by atoms with Crippen molar-refractivity contribution in [1.29, 1.82) is 5.26 Å². The molecular weight excluding hydrogens is 167 g/mol. The number of benzene rings is 1. The van der Waals surface area contributed by atoms with Gasteiger partial charge in [0.25, 0.3) is 0 Å². The highest BCUT2D eigenvalue weighted by molar-refractivity contribution is 5.80. The Bertz CT molecular complexity index is 500. The van der Waals surface area contributed by atoms with Crippen LogP contribution in [0, 0.1) is 17.1 Å². The Labute approximate surface area is 74.3 Å². The van der Waals surface area contributed by atoms with Crippen LogP contribution >= 0.6 is 0 Å². The van der Waals surface area contributed by atoms with Crippen molar-refractivity contribution < 1.29 is 4.39 Å². The molecule has 0 radical (unpaired) electrons. The van der Waals surface area contributed by atoms with E-state index >= 15 is 0 Å². The number of rotatable bonds is 0. The van der Waals surface area contributed by atoms with E-state index in [-0.39, 0.29) is 0 Å². The fourth-order valence-electron chi connectivity index (χ4n) is 1.21. The van der Waals surface area contributed by atoms with E-state index in [1.807, 2.05) is 6.07 Å². The zero-order valence-corrected chi connectivity index (χ0v) is 6.66. The van der Waals surface area contributed by atoms with Crippen LogP contribution in [-0.2, 0) is 0 Å². The second kappa shape index (κ2) is 2.83. The van der Waals surface area contributed by atoms with Crippen LogP contribution in [0.25, 0.3) is 10.9 Å². The van der Waals surface area contributed by atoms with Crippen LogP contribution in [0.1, 0.15) is 5.56 Å². The molecule has 0 unspecified atom stereocenters. The van der Waals surface area contributed by atoms with Crippen molar-refractivity contribution >= 4 is 10.9 Å². The third-order valence-electron chi connectivity index (χ3n) is 1.79. The molecule has 0 spiro atoms. The number of nitrogens with zero attached hydrogens (tertiary/aromatic N) is 2. The van der Waals surface area contributed by atoms with Gasteiger partial charge in [0.2, 0.25) is 0 Å². The lowest BCUT2D eigenvalue weighted by Gasteiger charge is -1.97. The van der Waals surface area contributed by atoms with Crippen molar-refractivity contribution in [2.24, 2.45) is 0 Å². The van der Waals surface area contributed by atoms with E-state index in [0.29, 0.717) is 16.5 Å². The van der Waals surface area contributed by atoms with Crippen LogP contribution in [0.3, 0.4) is 0 Å². The molecule has 0 amide bonds. The predicted octanol–water partition coefficient (Wildman–Crippen LogP) is 2.25. The van der Waals surface area contributed by atoms with Gasteiger partial charge in [-0.3, -0.25) is 4.98 Å². The fraction of sp³-hybridized carbons (Fsp3) is 0. The third kappa shape index (κ3) is 1.23. The van der Waals surface area contributed by atoms with E-state index in [4.69, 9.17) is 5.26 Å². The largest absolute Gasteiger partial charge is 0.253 e. The van der Waals surface area contributed by atoms with Crippen LogP contribution in [-0.4, -0.2) is 4.98 Å². The first-order valence-electron chi connectivity index (χ1n) is 3.75. The van der Waals surface area contributed by atoms with Crippen molar-refractivity contribution in [1.82, 2.24) is 4.98 Å².